The molecule has 0 saturated carbocycles. The van der Waals surface area contributed by atoms with Gasteiger partial charge in [-0.05, 0) is 38.1 Å². The molecule has 0 aromatic carbocycles. The molecule has 3 aromatic heterocycles. The van der Waals surface area contributed by atoms with Crippen LogP contribution in [0, 0.1) is 13.8 Å². The largest absolute Gasteiger partial charge is 0.343 e. The predicted octanol–water partition coefficient (Wildman–Crippen LogP) is 2.81. The summed E-state index contributed by atoms with van der Waals surface area (Å²) in [5.41, 5.74) is 3.51. The van der Waals surface area contributed by atoms with E-state index in [2.05, 4.69) is 15.0 Å². The van der Waals surface area contributed by atoms with E-state index in [1.54, 1.807) is 12.3 Å². The van der Waals surface area contributed by atoms with E-state index in [1.807, 2.05) is 38.1 Å². The molecule has 94 valence electrons. The lowest BCUT2D eigenvalue weighted by Crippen LogP contribution is -2.05. The number of pyridine rings is 2. The first-order chi connectivity index (χ1) is 9.16. The van der Waals surface area contributed by atoms with Gasteiger partial charge in [-0.15, -0.1) is 0 Å². The normalized spacial score (nSPS) is 10.8. The molecule has 0 bridgehead atoms. The number of carbonyl (C=O) groups is 1. The minimum Gasteiger partial charge on any atom is -0.343 e. The van der Waals surface area contributed by atoms with Gasteiger partial charge in [-0.2, -0.15) is 0 Å². The van der Waals surface area contributed by atoms with Crippen molar-refractivity contribution in [3.05, 3.63) is 59.2 Å². The van der Waals surface area contributed by atoms with Crippen LogP contribution in [0.1, 0.15) is 27.4 Å². The van der Waals surface area contributed by atoms with Crippen molar-refractivity contribution in [3.8, 4) is 0 Å². The van der Waals surface area contributed by atoms with Crippen molar-refractivity contribution in [2.24, 2.45) is 0 Å². The molecule has 1 N–H and O–H groups in total. The van der Waals surface area contributed by atoms with Crippen LogP contribution < -0.4 is 0 Å². The fourth-order valence-corrected chi connectivity index (χ4v) is 2.24. The smallest absolute Gasteiger partial charge is 0.213 e. The Hall–Kier alpha value is -2.49. The third-order valence-corrected chi connectivity index (χ3v) is 3.11. The molecule has 3 aromatic rings. The molecule has 0 atom stereocenters. The molecule has 3 heterocycles. The summed E-state index contributed by atoms with van der Waals surface area (Å²) in [6.07, 6.45) is 1.71. The molecule has 0 radical (unpaired) electrons. The van der Waals surface area contributed by atoms with Gasteiger partial charge in [0, 0.05) is 23.0 Å². The van der Waals surface area contributed by atoms with Gasteiger partial charge < -0.3 is 4.98 Å². The fraction of sp³-hybridized carbons (Fsp3) is 0.133. The Kier molecular flexibility index (Phi) is 2.63. The summed E-state index contributed by atoms with van der Waals surface area (Å²) in [5, 5.41) is 0.841. The SMILES string of the molecule is Cc1cccc(C(=O)c2c(C)[nH]c3ncccc23)n1. The van der Waals surface area contributed by atoms with Gasteiger partial charge in [0.05, 0.1) is 5.56 Å². The first-order valence-corrected chi connectivity index (χ1v) is 6.08. The molecule has 0 aliphatic rings. The second kappa shape index (κ2) is 4.31. The second-order valence-electron chi connectivity index (χ2n) is 4.52. The van der Waals surface area contributed by atoms with E-state index >= 15 is 0 Å². The van der Waals surface area contributed by atoms with Gasteiger partial charge in [-0.25, -0.2) is 9.97 Å². The number of H-pyrrole nitrogens is 1. The number of aromatic amines is 1. The Morgan fingerprint density at radius 1 is 1.16 bits per heavy atom. The van der Waals surface area contributed by atoms with Crippen molar-refractivity contribution in [1.82, 2.24) is 15.0 Å². The zero-order chi connectivity index (χ0) is 13.4. The average molecular weight is 251 g/mol. The molecule has 0 amide bonds. The molecule has 19 heavy (non-hydrogen) atoms. The summed E-state index contributed by atoms with van der Waals surface area (Å²) in [6.45, 7) is 3.76. The number of rotatable bonds is 2. The highest BCUT2D eigenvalue weighted by atomic mass is 16.1. The topological polar surface area (TPSA) is 58.6 Å². The number of hydrogen-bond donors (Lipinski definition) is 1. The van der Waals surface area contributed by atoms with Crippen molar-refractivity contribution >= 4 is 16.8 Å². The first-order valence-electron chi connectivity index (χ1n) is 6.08. The summed E-state index contributed by atoms with van der Waals surface area (Å²) in [4.78, 5) is 24.2. The van der Waals surface area contributed by atoms with Crippen LogP contribution in [0.3, 0.4) is 0 Å². The zero-order valence-electron chi connectivity index (χ0n) is 10.8. The predicted molar refractivity (Wildman–Crippen MR) is 73.2 cm³/mol. The Morgan fingerprint density at radius 3 is 2.79 bits per heavy atom. The first kappa shape index (κ1) is 11.6. The Bertz CT molecular complexity index is 774. The Balaban J connectivity index is 2.19. The van der Waals surface area contributed by atoms with Crippen LogP contribution in [-0.4, -0.2) is 20.7 Å². The number of nitrogens with zero attached hydrogens (tertiary/aromatic N) is 2. The standard InChI is InChI=1S/C15H13N3O/c1-9-5-3-7-12(17-9)14(19)13-10(2)18-15-11(13)6-4-8-16-15/h3-8H,1-2H3,(H,16,18). The minimum absolute atomic E-state index is 0.0690. The molecule has 0 aliphatic heterocycles. The number of carbonyl (C=O) groups excluding carboxylic acids is 1. The second-order valence-corrected chi connectivity index (χ2v) is 4.52. The average Bonchev–Trinajstić information content (AvgIpc) is 2.74. The third kappa shape index (κ3) is 1.91. The lowest BCUT2D eigenvalue weighted by Gasteiger charge is -2.01. The molecule has 3 rings (SSSR count). The van der Waals surface area contributed by atoms with Crippen molar-refractivity contribution < 1.29 is 4.79 Å². The molecule has 4 heteroatoms. The zero-order valence-corrected chi connectivity index (χ0v) is 10.8. The summed E-state index contributed by atoms with van der Waals surface area (Å²) >= 11 is 0. The molecule has 0 spiro atoms. The van der Waals surface area contributed by atoms with Crippen LogP contribution in [0.5, 0.6) is 0 Å². The molecular formula is C15H13N3O. The number of aromatic nitrogens is 3. The maximum atomic E-state index is 12.6. The molecule has 0 aliphatic carbocycles. The molecule has 0 unspecified atom stereocenters. The van der Waals surface area contributed by atoms with Gasteiger partial charge in [0.25, 0.3) is 0 Å². The fourth-order valence-electron chi connectivity index (χ4n) is 2.24. The third-order valence-electron chi connectivity index (χ3n) is 3.11. The van der Waals surface area contributed by atoms with E-state index in [0.29, 0.717) is 11.3 Å². The van der Waals surface area contributed by atoms with E-state index in [0.717, 1.165) is 22.4 Å². The highest BCUT2D eigenvalue weighted by molar-refractivity contribution is 6.16. The van der Waals surface area contributed by atoms with Crippen molar-refractivity contribution in [2.75, 3.05) is 0 Å². The number of ketones is 1. The van der Waals surface area contributed by atoms with E-state index in [-0.39, 0.29) is 5.78 Å². The van der Waals surface area contributed by atoms with Crippen LogP contribution in [0.4, 0.5) is 0 Å². The monoisotopic (exact) mass is 251 g/mol. The number of aryl methyl sites for hydroxylation is 2. The van der Waals surface area contributed by atoms with Gasteiger partial charge >= 0.3 is 0 Å². The van der Waals surface area contributed by atoms with Gasteiger partial charge in [0.15, 0.2) is 0 Å². The molecule has 0 saturated heterocycles. The minimum atomic E-state index is -0.0690. The molecule has 4 nitrogen and oxygen atoms in total. The number of nitrogens with one attached hydrogen (secondary N) is 1. The number of fused-ring (bicyclic) bond motifs is 1. The van der Waals surface area contributed by atoms with Gasteiger partial charge in [0.2, 0.25) is 5.78 Å². The summed E-state index contributed by atoms with van der Waals surface area (Å²) in [7, 11) is 0. The highest BCUT2D eigenvalue weighted by Gasteiger charge is 2.18. The lowest BCUT2D eigenvalue weighted by atomic mass is 10.0. The van der Waals surface area contributed by atoms with Crippen LogP contribution in [0.2, 0.25) is 0 Å². The molecule has 0 fully saturated rings. The van der Waals surface area contributed by atoms with Gasteiger partial charge in [0.1, 0.15) is 11.3 Å². The van der Waals surface area contributed by atoms with Gasteiger partial charge in [-0.1, -0.05) is 6.07 Å². The van der Waals surface area contributed by atoms with Crippen LogP contribution in [0.15, 0.2) is 36.5 Å². The lowest BCUT2D eigenvalue weighted by molar-refractivity contribution is 0.103. The van der Waals surface area contributed by atoms with Crippen molar-refractivity contribution in [1.29, 1.82) is 0 Å². The maximum absolute atomic E-state index is 12.6. The Morgan fingerprint density at radius 2 is 2.00 bits per heavy atom. The maximum Gasteiger partial charge on any atom is 0.213 e. The van der Waals surface area contributed by atoms with Crippen LogP contribution in [-0.2, 0) is 0 Å². The van der Waals surface area contributed by atoms with Crippen LogP contribution in [0.25, 0.3) is 11.0 Å². The summed E-state index contributed by atoms with van der Waals surface area (Å²) in [5.74, 6) is -0.0690. The van der Waals surface area contributed by atoms with E-state index in [4.69, 9.17) is 0 Å². The van der Waals surface area contributed by atoms with Crippen molar-refractivity contribution in [3.63, 3.8) is 0 Å². The van der Waals surface area contributed by atoms with Crippen molar-refractivity contribution in [2.45, 2.75) is 13.8 Å². The molecular weight excluding hydrogens is 238 g/mol. The quantitative estimate of drug-likeness (QED) is 0.712. The number of hydrogen-bond acceptors (Lipinski definition) is 3. The Labute approximate surface area is 110 Å². The van der Waals surface area contributed by atoms with E-state index in [1.165, 1.54) is 0 Å². The van der Waals surface area contributed by atoms with Gasteiger partial charge in [-0.3, -0.25) is 4.79 Å². The van der Waals surface area contributed by atoms with Crippen LogP contribution >= 0.6 is 0 Å². The summed E-state index contributed by atoms with van der Waals surface area (Å²) in [6, 6.07) is 9.19. The summed E-state index contributed by atoms with van der Waals surface area (Å²) < 4.78 is 0. The highest BCUT2D eigenvalue weighted by Crippen LogP contribution is 2.22. The van der Waals surface area contributed by atoms with E-state index < -0.39 is 0 Å². The van der Waals surface area contributed by atoms with E-state index in [9.17, 15) is 4.79 Å².